The van der Waals surface area contributed by atoms with Gasteiger partial charge < -0.3 is 9.47 Å². The summed E-state index contributed by atoms with van der Waals surface area (Å²) in [6, 6.07) is 8.96. The topological polar surface area (TPSA) is 78.1 Å². The van der Waals surface area contributed by atoms with E-state index in [0.29, 0.717) is 35.5 Å². The number of halogens is 1. The van der Waals surface area contributed by atoms with Crippen molar-refractivity contribution in [2.45, 2.75) is 71.6 Å². The molecule has 0 bridgehead atoms. The second-order valence-electron chi connectivity index (χ2n) is 10.3. The molecule has 1 saturated heterocycles. The monoisotopic (exact) mass is 514 g/mol. The third kappa shape index (κ3) is 6.48. The molecule has 0 saturated carbocycles. The second-order valence-corrected chi connectivity index (χ2v) is 10.8. The molecule has 1 atom stereocenters. The summed E-state index contributed by atoms with van der Waals surface area (Å²) in [7, 11) is 0. The average Bonchev–Trinajstić information content (AvgIpc) is 3.43. The van der Waals surface area contributed by atoms with E-state index in [1.165, 1.54) is 0 Å². The van der Waals surface area contributed by atoms with Crippen molar-refractivity contribution in [2.75, 3.05) is 19.6 Å². The largest absolute Gasteiger partial charge is 0.474 e. The summed E-state index contributed by atoms with van der Waals surface area (Å²) in [5.74, 6) is 0.830. The predicted molar refractivity (Wildman–Crippen MR) is 141 cm³/mol. The minimum atomic E-state index is -0.508. The summed E-state index contributed by atoms with van der Waals surface area (Å²) < 4.78 is 15.4. The first-order chi connectivity index (χ1) is 17.1. The molecule has 0 N–H and O–H groups in total. The fourth-order valence-corrected chi connectivity index (χ4v) is 4.55. The third-order valence-electron chi connectivity index (χ3n) is 6.09. The van der Waals surface area contributed by atoms with Crippen LogP contribution in [-0.4, -0.2) is 56.2 Å². The Bertz CT molecular complexity index is 1260. The Labute approximate surface area is 216 Å². The van der Waals surface area contributed by atoms with E-state index in [4.69, 9.17) is 26.1 Å². The normalized spacial score (nSPS) is 16.5. The van der Waals surface area contributed by atoms with Gasteiger partial charge in [-0.05, 0) is 45.7 Å². The van der Waals surface area contributed by atoms with Gasteiger partial charge in [0.1, 0.15) is 11.7 Å². The number of imidazole rings is 1. The lowest BCUT2D eigenvalue weighted by Gasteiger charge is -2.22. The average molecular weight is 515 g/mol. The zero-order valence-corrected chi connectivity index (χ0v) is 22.3. The number of hydrogen-bond acceptors (Lipinski definition) is 6. The van der Waals surface area contributed by atoms with Crippen molar-refractivity contribution in [3.8, 4) is 17.1 Å². The second kappa shape index (κ2) is 11.0. The lowest BCUT2D eigenvalue weighted by molar-refractivity contribution is -0.155. The van der Waals surface area contributed by atoms with Crippen molar-refractivity contribution < 1.29 is 14.3 Å². The number of aryl methyl sites for hydroxylation is 1. The number of fused-ring (bicyclic) bond motifs is 1. The Morgan fingerprint density at radius 1 is 1.19 bits per heavy atom. The number of esters is 1. The van der Waals surface area contributed by atoms with Gasteiger partial charge in [0.2, 0.25) is 11.7 Å². The third-order valence-corrected chi connectivity index (χ3v) is 6.35. The van der Waals surface area contributed by atoms with E-state index in [1.807, 2.05) is 54.5 Å². The molecule has 4 rings (SSSR count). The van der Waals surface area contributed by atoms with Gasteiger partial charge in [-0.1, -0.05) is 43.5 Å². The maximum absolute atomic E-state index is 13.0. The predicted octanol–water partition coefficient (Wildman–Crippen LogP) is 4.80. The van der Waals surface area contributed by atoms with E-state index in [2.05, 4.69) is 6.92 Å². The molecule has 3 aromatic rings. The quantitative estimate of drug-likeness (QED) is 0.301. The number of rotatable bonds is 9. The van der Waals surface area contributed by atoms with E-state index in [0.717, 1.165) is 37.8 Å². The fourth-order valence-electron chi connectivity index (χ4n) is 4.43. The molecule has 9 heteroatoms. The van der Waals surface area contributed by atoms with Crippen LogP contribution in [0.15, 0.2) is 41.3 Å². The van der Waals surface area contributed by atoms with Gasteiger partial charge in [0.05, 0.1) is 18.3 Å². The standard InChI is InChI=1S/C27H35ClN4O4/c1-5-6-7-13-31-24(35-21-12-14-30(16-21)18-25(34)36-27(2,3)4)15-23(33)32-17-22(29-26(31)32)19-8-10-20(28)11-9-19/h8-11,15,17,21H,5-7,12-14,16,18H2,1-4H3/t21-/m0/s1. The van der Waals surface area contributed by atoms with Crippen molar-refractivity contribution in [3.05, 3.63) is 51.9 Å². The Morgan fingerprint density at radius 3 is 2.64 bits per heavy atom. The van der Waals surface area contributed by atoms with Gasteiger partial charge in [0.25, 0.3) is 5.56 Å². The maximum atomic E-state index is 13.0. The van der Waals surface area contributed by atoms with Crippen LogP contribution in [-0.2, 0) is 16.1 Å². The highest BCUT2D eigenvalue weighted by atomic mass is 35.5. The molecule has 0 radical (unpaired) electrons. The van der Waals surface area contributed by atoms with Crippen molar-refractivity contribution in [2.24, 2.45) is 0 Å². The molecule has 8 nitrogen and oxygen atoms in total. The number of aromatic nitrogens is 3. The Morgan fingerprint density at radius 2 is 1.94 bits per heavy atom. The van der Waals surface area contributed by atoms with E-state index in [-0.39, 0.29) is 24.2 Å². The van der Waals surface area contributed by atoms with Crippen LogP contribution in [0.25, 0.3) is 17.0 Å². The number of nitrogens with zero attached hydrogens (tertiary/aromatic N) is 4. The van der Waals surface area contributed by atoms with Crippen LogP contribution in [0.5, 0.6) is 5.88 Å². The van der Waals surface area contributed by atoms with E-state index < -0.39 is 5.60 Å². The van der Waals surface area contributed by atoms with Gasteiger partial charge in [0, 0.05) is 36.4 Å². The molecule has 0 spiro atoms. The van der Waals surface area contributed by atoms with Crippen molar-refractivity contribution in [1.82, 2.24) is 18.9 Å². The van der Waals surface area contributed by atoms with Gasteiger partial charge in [0.15, 0.2) is 0 Å². The number of likely N-dealkylation sites (tertiary alicyclic amines) is 1. The summed E-state index contributed by atoms with van der Waals surface area (Å²) in [5.41, 5.74) is 0.891. The Balaban J connectivity index is 1.57. The molecule has 0 amide bonds. The molecular weight excluding hydrogens is 480 g/mol. The molecule has 0 aliphatic carbocycles. The van der Waals surface area contributed by atoms with Crippen molar-refractivity contribution in [1.29, 1.82) is 0 Å². The zero-order chi connectivity index (χ0) is 25.9. The molecule has 0 unspecified atom stereocenters. The van der Waals surface area contributed by atoms with Crippen LogP contribution >= 0.6 is 11.6 Å². The van der Waals surface area contributed by atoms with Gasteiger partial charge in [-0.3, -0.25) is 23.5 Å². The van der Waals surface area contributed by atoms with Crippen molar-refractivity contribution >= 4 is 23.3 Å². The lowest BCUT2D eigenvalue weighted by atomic mass is 10.2. The van der Waals surface area contributed by atoms with Gasteiger partial charge in [-0.25, -0.2) is 4.98 Å². The number of carbonyl (C=O) groups excluding carboxylic acids is 1. The molecule has 36 heavy (non-hydrogen) atoms. The Hall–Kier alpha value is -2.84. The zero-order valence-electron chi connectivity index (χ0n) is 21.5. The van der Waals surface area contributed by atoms with E-state index in [9.17, 15) is 9.59 Å². The van der Waals surface area contributed by atoms with Gasteiger partial charge in [-0.15, -0.1) is 0 Å². The minimum absolute atomic E-state index is 0.127. The van der Waals surface area contributed by atoms with Crippen LogP contribution in [0.1, 0.15) is 53.4 Å². The smallest absolute Gasteiger partial charge is 0.320 e. The number of carbonyl (C=O) groups is 1. The van der Waals surface area contributed by atoms with Crippen LogP contribution in [0.3, 0.4) is 0 Å². The molecule has 3 heterocycles. The maximum Gasteiger partial charge on any atom is 0.320 e. The summed E-state index contributed by atoms with van der Waals surface area (Å²) >= 11 is 6.04. The minimum Gasteiger partial charge on any atom is -0.474 e. The molecular formula is C27H35ClN4O4. The van der Waals surface area contributed by atoms with Crippen LogP contribution in [0, 0.1) is 0 Å². The summed E-state index contributed by atoms with van der Waals surface area (Å²) in [4.78, 5) is 32.1. The summed E-state index contributed by atoms with van der Waals surface area (Å²) in [6.45, 7) is 10.00. The molecule has 1 aliphatic rings. The lowest BCUT2D eigenvalue weighted by Crippen LogP contribution is -2.35. The highest BCUT2D eigenvalue weighted by Crippen LogP contribution is 2.24. The number of ether oxygens (including phenoxy) is 2. The van der Waals surface area contributed by atoms with Crippen molar-refractivity contribution in [3.63, 3.8) is 0 Å². The highest BCUT2D eigenvalue weighted by molar-refractivity contribution is 6.30. The SMILES string of the molecule is CCCCCn1c(O[C@H]2CCN(CC(=O)OC(C)(C)C)C2)cc(=O)n2cc(-c3ccc(Cl)cc3)nc12. The summed E-state index contributed by atoms with van der Waals surface area (Å²) in [5, 5.41) is 0.648. The van der Waals surface area contributed by atoms with E-state index >= 15 is 0 Å². The first-order valence-electron chi connectivity index (χ1n) is 12.6. The first kappa shape index (κ1) is 26.2. The molecule has 2 aromatic heterocycles. The molecule has 1 aromatic carbocycles. The fraction of sp³-hybridized carbons (Fsp3) is 0.519. The molecule has 1 aliphatic heterocycles. The molecule has 194 valence electrons. The highest BCUT2D eigenvalue weighted by Gasteiger charge is 2.28. The Kier molecular flexibility index (Phi) is 8.05. The summed E-state index contributed by atoms with van der Waals surface area (Å²) in [6.07, 6.45) is 5.50. The number of hydrogen-bond donors (Lipinski definition) is 0. The van der Waals surface area contributed by atoms with Gasteiger partial charge in [-0.2, -0.15) is 0 Å². The van der Waals surface area contributed by atoms with Crippen LogP contribution in [0.4, 0.5) is 0 Å². The van der Waals surface area contributed by atoms with Crippen LogP contribution in [0.2, 0.25) is 5.02 Å². The van der Waals surface area contributed by atoms with E-state index in [1.54, 1.807) is 16.7 Å². The number of benzene rings is 1. The first-order valence-corrected chi connectivity index (χ1v) is 13.0. The number of unbranched alkanes of at least 4 members (excludes halogenated alkanes) is 2. The van der Waals surface area contributed by atoms with Gasteiger partial charge >= 0.3 is 5.97 Å². The molecule has 1 fully saturated rings. The van der Waals surface area contributed by atoms with Crippen LogP contribution < -0.4 is 10.3 Å².